The molecule has 0 atom stereocenters. The van der Waals surface area contributed by atoms with E-state index in [1.54, 1.807) is 0 Å². The SMILES string of the molecule is COC(=O)Oc1c(OCc2c(F)cc(Cl)cc2F)nsc1NC(=O)NCCCN1CCN(C)CC1. The summed E-state index contributed by atoms with van der Waals surface area (Å²) in [7, 11) is 3.19. The number of ether oxygens (including phenoxy) is 3. The minimum Gasteiger partial charge on any atom is -0.469 e. The number of carbonyl (C=O) groups is 2. The van der Waals surface area contributed by atoms with E-state index in [-0.39, 0.29) is 27.2 Å². The maximum absolute atomic E-state index is 14.0. The van der Waals surface area contributed by atoms with Gasteiger partial charge in [0.05, 0.1) is 12.7 Å². The quantitative estimate of drug-likeness (QED) is 0.372. The highest BCUT2D eigenvalue weighted by Gasteiger charge is 2.23. The standard InChI is InChI=1S/C21H26ClF2N5O5S/c1-28-6-8-29(9-7-28)5-3-4-25-20(30)26-19-17(34-21(31)32-2)18(27-35-19)33-12-14-15(23)10-13(22)11-16(14)24/h10-11H,3-9,12H2,1-2H3,(H2,25,26,30). The van der Waals surface area contributed by atoms with Gasteiger partial charge in [0.25, 0.3) is 5.88 Å². The van der Waals surface area contributed by atoms with Gasteiger partial charge in [-0.15, -0.1) is 4.37 Å². The molecule has 2 aromatic rings. The van der Waals surface area contributed by atoms with Crippen molar-refractivity contribution in [3.63, 3.8) is 0 Å². The van der Waals surface area contributed by atoms with Crippen LogP contribution in [0.25, 0.3) is 0 Å². The third-order valence-corrected chi connectivity index (χ3v) is 6.14. The smallest absolute Gasteiger partial charge is 0.469 e. The Morgan fingerprint density at radius 3 is 2.54 bits per heavy atom. The third kappa shape index (κ3) is 7.88. The predicted octanol–water partition coefficient (Wildman–Crippen LogP) is 3.56. The van der Waals surface area contributed by atoms with Crippen molar-refractivity contribution in [2.24, 2.45) is 0 Å². The summed E-state index contributed by atoms with van der Waals surface area (Å²) in [4.78, 5) is 28.6. The lowest BCUT2D eigenvalue weighted by Crippen LogP contribution is -2.45. The second-order valence-electron chi connectivity index (χ2n) is 7.72. The summed E-state index contributed by atoms with van der Waals surface area (Å²) in [5, 5.41) is 5.22. The van der Waals surface area contributed by atoms with E-state index < -0.39 is 30.4 Å². The van der Waals surface area contributed by atoms with E-state index in [0.29, 0.717) is 6.54 Å². The second kappa shape index (κ2) is 12.8. The Bertz CT molecular complexity index is 1010. The fourth-order valence-electron chi connectivity index (χ4n) is 3.23. The number of amides is 2. The van der Waals surface area contributed by atoms with Crippen LogP contribution in [-0.4, -0.2) is 79.8 Å². The van der Waals surface area contributed by atoms with Crippen molar-refractivity contribution >= 4 is 40.3 Å². The lowest BCUT2D eigenvalue weighted by molar-refractivity contribution is 0.119. The molecule has 1 saturated heterocycles. The van der Waals surface area contributed by atoms with Gasteiger partial charge < -0.3 is 29.3 Å². The summed E-state index contributed by atoms with van der Waals surface area (Å²) < 4.78 is 47.0. The molecule has 0 saturated carbocycles. The van der Waals surface area contributed by atoms with E-state index in [1.165, 1.54) is 0 Å². The molecule has 192 valence electrons. The molecule has 0 aliphatic carbocycles. The van der Waals surface area contributed by atoms with Crippen LogP contribution < -0.4 is 20.1 Å². The van der Waals surface area contributed by atoms with Gasteiger partial charge in [0.15, 0.2) is 5.00 Å². The predicted molar refractivity (Wildman–Crippen MR) is 126 cm³/mol. The van der Waals surface area contributed by atoms with Crippen LogP contribution in [0.1, 0.15) is 12.0 Å². The number of carbonyl (C=O) groups excluding carboxylic acids is 2. The average molecular weight is 534 g/mol. The minimum absolute atomic E-state index is 0.0546. The number of methoxy groups -OCH3 is 1. The Morgan fingerprint density at radius 1 is 1.20 bits per heavy atom. The van der Waals surface area contributed by atoms with E-state index >= 15 is 0 Å². The van der Waals surface area contributed by atoms with Gasteiger partial charge >= 0.3 is 12.2 Å². The number of anilines is 1. The monoisotopic (exact) mass is 533 g/mol. The molecule has 1 aliphatic rings. The number of nitrogens with one attached hydrogen (secondary N) is 2. The zero-order chi connectivity index (χ0) is 25.4. The van der Waals surface area contributed by atoms with E-state index in [0.717, 1.165) is 69.9 Å². The number of piperazine rings is 1. The van der Waals surface area contributed by atoms with Crippen LogP contribution >= 0.6 is 23.1 Å². The molecular weight excluding hydrogens is 508 g/mol. The molecule has 0 unspecified atom stereocenters. The van der Waals surface area contributed by atoms with Crippen molar-refractivity contribution in [1.29, 1.82) is 0 Å². The maximum atomic E-state index is 14.0. The van der Waals surface area contributed by atoms with Crippen LogP contribution in [0.2, 0.25) is 5.02 Å². The number of hydrogen-bond acceptors (Lipinski definition) is 9. The van der Waals surface area contributed by atoms with Crippen molar-refractivity contribution in [2.75, 3.05) is 58.7 Å². The zero-order valence-corrected chi connectivity index (χ0v) is 20.8. The molecule has 35 heavy (non-hydrogen) atoms. The number of benzene rings is 1. The fourth-order valence-corrected chi connectivity index (χ4v) is 4.08. The third-order valence-electron chi connectivity index (χ3n) is 5.19. The van der Waals surface area contributed by atoms with Crippen molar-refractivity contribution in [1.82, 2.24) is 19.5 Å². The first kappa shape index (κ1) is 26.9. The molecule has 1 aromatic heterocycles. The van der Waals surface area contributed by atoms with E-state index in [4.69, 9.17) is 21.1 Å². The van der Waals surface area contributed by atoms with Crippen molar-refractivity contribution < 1.29 is 32.6 Å². The molecule has 1 aromatic carbocycles. The first-order chi connectivity index (χ1) is 16.8. The number of aromatic nitrogens is 1. The van der Waals surface area contributed by atoms with E-state index in [2.05, 4.69) is 36.6 Å². The van der Waals surface area contributed by atoms with Crippen LogP contribution in [0.15, 0.2) is 12.1 Å². The normalized spacial score (nSPS) is 14.4. The highest BCUT2D eigenvalue weighted by atomic mass is 35.5. The van der Waals surface area contributed by atoms with E-state index in [1.807, 2.05) is 0 Å². The van der Waals surface area contributed by atoms with Crippen molar-refractivity contribution in [2.45, 2.75) is 13.0 Å². The van der Waals surface area contributed by atoms with Crippen molar-refractivity contribution in [3.05, 3.63) is 34.4 Å². The highest BCUT2D eigenvalue weighted by molar-refractivity contribution is 7.11. The summed E-state index contributed by atoms with van der Waals surface area (Å²) in [5.41, 5.74) is -0.390. The number of halogens is 3. The summed E-state index contributed by atoms with van der Waals surface area (Å²) in [6.45, 7) is 4.75. The van der Waals surface area contributed by atoms with Gasteiger partial charge in [-0.25, -0.2) is 18.4 Å². The first-order valence-corrected chi connectivity index (χ1v) is 11.9. The molecule has 0 spiro atoms. The zero-order valence-electron chi connectivity index (χ0n) is 19.2. The van der Waals surface area contributed by atoms with Gasteiger partial charge in [-0.2, -0.15) is 0 Å². The average Bonchev–Trinajstić information content (AvgIpc) is 3.17. The molecule has 3 rings (SSSR count). The Balaban J connectivity index is 1.57. The number of nitrogens with zero attached hydrogens (tertiary/aromatic N) is 3. The van der Waals surface area contributed by atoms with Crippen LogP contribution in [0.5, 0.6) is 11.6 Å². The molecule has 0 bridgehead atoms. The Morgan fingerprint density at radius 2 is 1.89 bits per heavy atom. The molecule has 14 heteroatoms. The summed E-state index contributed by atoms with van der Waals surface area (Å²) in [5.74, 6) is -2.31. The molecule has 2 amide bonds. The molecule has 10 nitrogen and oxygen atoms in total. The lowest BCUT2D eigenvalue weighted by atomic mass is 10.2. The highest BCUT2D eigenvalue weighted by Crippen LogP contribution is 2.39. The second-order valence-corrected chi connectivity index (χ2v) is 8.93. The van der Waals surface area contributed by atoms with Crippen LogP contribution in [-0.2, 0) is 11.3 Å². The maximum Gasteiger partial charge on any atom is 0.513 e. The largest absolute Gasteiger partial charge is 0.513 e. The van der Waals surface area contributed by atoms with Crippen LogP contribution in [0, 0.1) is 11.6 Å². The van der Waals surface area contributed by atoms with Gasteiger partial charge in [0.2, 0.25) is 5.75 Å². The van der Waals surface area contributed by atoms with Crippen LogP contribution in [0.3, 0.4) is 0 Å². The number of urea groups is 1. The summed E-state index contributed by atoms with van der Waals surface area (Å²) in [6, 6.07) is 1.34. The number of hydrogen-bond donors (Lipinski definition) is 2. The molecular formula is C21H26ClF2N5O5S. The summed E-state index contributed by atoms with van der Waals surface area (Å²) in [6.07, 6.45) is -0.327. The lowest BCUT2D eigenvalue weighted by Gasteiger charge is -2.32. The molecule has 0 radical (unpaired) electrons. The van der Waals surface area contributed by atoms with E-state index in [9.17, 15) is 18.4 Å². The van der Waals surface area contributed by atoms with Crippen LogP contribution in [0.4, 0.5) is 23.4 Å². The summed E-state index contributed by atoms with van der Waals surface area (Å²) >= 11 is 6.39. The molecule has 2 N–H and O–H groups in total. The fraction of sp³-hybridized carbons (Fsp3) is 0.476. The van der Waals surface area contributed by atoms with Crippen molar-refractivity contribution in [3.8, 4) is 11.6 Å². The Labute approximate surface area is 210 Å². The van der Waals surface area contributed by atoms with Gasteiger partial charge in [-0.1, -0.05) is 11.6 Å². The first-order valence-electron chi connectivity index (χ1n) is 10.7. The number of likely N-dealkylation sites (N-methyl/N-ethyl adjacent to an activating group) is 1. The topological polar surface area (TPSA) is 105 Å². The van der Waals surface area contributed by atoms with Gasteiger partial charge in [0.1, 0.15) is 18.2 Å². The Hall–Kier alpha value is -2.74. The molecule has 1 fully saturated rings. The number of rotatable bonds is 9. The van der Waals surface area contributed by atoms with Gasteiger partial charge in [-0.05, 0) is 43.7 Å². The molecule has 1 aliphatic heterocycles. The minimum atomic E-state index is -1.09. The Kier molecular flexibility index (Phi) is 9.83. The molecule has 2 heterocycles. The van der Waals surface area contributed by atoms with Gasteiger partial charge in [-0.3, -0.25) is 5.32 Å². The van der Waals surface area contributed by atoms with Gasteiger partial charge in [0, 0.05) is 37.7 Å².